The molecule has 0 radical (unpaired) electrons. The second kappa shape index (κ2) is 5.21. The number of carboxylic acid groups (broad SMARTS) is 1. The highest BCUT2D eigenvalue weighted by atomic mass is 28.2. The van der Waals surface area contributed by atoms with Gasteiger partial charge in [0.15, 0.2) is 15.6 Å². The van der Waals surface area contributed by atoms with Crippen molar-refractivity contribution in [3.05, 3.63) is 0 Å². The molecule has 10 heavy (non-hydrogen) atoms. The van der Waals surface area contributed by atoms with E-state index >= 15 is 0 Å². The molecule has 0 bridgehead atoms. The topological polar surface area (TPSA) is 67.8 Å². The molecule has 0 rings (SSSR count). The summed E-state index contributed by atoms with van der Waals surface area (Å²) in [4.78, 5) is 12.2. The largest absolute Gasteiger partial charge is 0.466 e. The van der Waals surface area contributed by atoms with Crippen molar-refractivity contribution < 1.29 is 19.4 Å². The molecule has 0 aliphatic rings. The first-order valence-electron chi connectivity index (χ1n) is 2.73. The van der Waals surface area contributed by atoms with Crippen LogP contribution in [0.15, 0.2) is 0 Å². The van der Waals surface area contributed by atoms with Crippen molar-refractivity contribution in [1.29, 1.82) is 0 Å². The van der Waals surface area contributed by atoms with E-state index in [0.717, 1.165) is 0 Å². The summed E-state index contributed by atoms with van der Waals surface area (Å²) >= 11 is 0. The highest BCUT2D eigenvalue weighted by Crippen LogP contribution is 1.83. The van der Waals surface area contributed by atoms with Gasteiger partial charge in [0.1, 0.15) is 0 Å². The molecule has 60 valence electrons. The average Bonchev–Trinajstić information content (AvgIpc) is 1.90. The smallest absolute Gasteiger partial charge is 0.396 e. The van der Waals surface area contributed by atoms with Gasteiger partial charge in [-0.1, -0.05) is 0 Å². The fourth-order valence-corrected chi connectivity index (χ4v) is 1.11. The summed E-state index contributed by atoms with van der Waals surface area (Å²) in [5.41, 5.74) is 0. The van der Waals surface area contributed by atoms with Crippen LogP contribution in [0.1, 0.15) is 0 Å². The van der Waals surface area contributed by atoms with Crippen molar-refractivity contribution in [3.8, 4) is 0 Å². The zero-order valence-electron chi connectivity index (χ0n) is 5.96. The number of hydrogen-bond acceptors (Lipinski definition) is 3. The molecule has 0 aliphatic heterocycles. The molecule has 0 atom stereocenters. The van der Waals surface area contributed by atoms with Crippen LogP contribution in [0, 0.1) is 0 Å². The summed E-state index contributed by atoms with van der Waals surface area (Å²) in [6, 6.07) is 0. The Balaban J connectivity index is 3.34. The quantitative estimate of drug-likeness (QED) is 0.410. The van der Waals surface area contributed by atoms with E-state index in [4.69, 9.17) is 14.6 Å². The minimum absolute atomic E-state index is 0.365. The van der Waals surface area contributed by atoms with Gasteiger partial charge >= 0.3 is 6.09 Å². The third-order valence-electron chi connectivity index (χ3n) is 0.946. The summed E-state index contributed by atoms with van der Waals surface area (Å²) in [5, 5.41) is 8.17. The number of hydrogen-bond donors (Lipinski definition) is 2. The maximum absolute atomic E-state index is 9.95. The third kappa shape index (κ3) is 4.30. The SMILES string of the molecule is COC(OC)[SiH2]NC(=O)O. The Morgan fingerprint density at radius 1 is 1.60 bits per heavy atom. The first-order chi connectivity index (χ1) is 4.70. The van der Waals surface area contributed by atoms with Crippen molar-refractivity contribution in [2.75, 3.05) is 14.2 Å². The molecule has 0 fully saturated rings. The van der Waals surface area contributed by atoms with Crippen LogP contribution < -0.4 is 4.98 Å². The van der Waals surface area contributed by atoms with Crippen molar-refractivity contribution >= 4 is 15.8 Å². The van der Waals surface area contributed by atoms with Crippen LogP contribution in [0.2, 0.25) is 0 Å². The maximum atomic E-state index is 9.95. The lowest BCUT2D eigenvalue weighted by atomic mass is 11.3. The summed E-state index contributed by atoms with van der Waals surface area (Å²) < 4.78 is 9.53. The average molecular weight is 165 g/mol. The van der Waals surface area contributed by atoms with Gasteiger partial charge in [0.2, 0.25) is 0 Å². The lowest BCUT2D eigenvalue weighted by molar-refractivity contribution is -0.0448. The van der Waals surface area contributed by atoms with E-state index in [1.54, 1.807) is 0 Å². The normalized spacial score (nSPS) is 11.1. The molecule has 0 saturated carbocycles. The molecule has 0 aromatic carbocycles. The Morgan fingerprint density at radius 3 is 2.40 bits per heavy atom. The van der Waals surface area contributed by atoms with E-state index in [9.17, 15) is 4.79 Å². The van der Waals surface area contributed by atoms with Crippen molar-refractivity contribution in [3.63, 3.8) is 0 Å². The Bertz CT molecular complexity index is 105. The summed E-state index contributed by atoms with van der Waals surface area (Å²) in [6.07, 6.45) is -1.02. The molecule has 2 N–H and O–H groups in total. The maximum Gasteiger partial charge on any atom is 0.396 e. The standard InChI is InChI=1S/C4H11NO4Si/c1-8-4(9-2)10-5-3(6)7/h4-5H,10H2,1-2H3,(H,6,7). The molecule has 0 unspecified atom stereocenters. The Kier molecular flexibility index (Phi) is 4.90. The van der Waals surface area contributed by atoms with E-state index in [-0.39, 0.29) is 5.91 Å². The van der Waals surface area contributed by atoms with E-state index in [1.165, 1.54) is 14.2 Å². The number of ether oxygens (including phenoxy) is 2. The van der Waals surface area contributed by atoms with E-state index < -0.39 is 15.8 Å². The van der Waals surface area contributed by atoms with Crippen LogP contribution in [0.4, 0.5) is 4.79 Å². The Hall–Kier alpha value is -0.593. The molecule has 0 heterocycles. The van der Waals surface area contributed by atoms with E-state index in [1.807, 2.05) is 0 Å². The predicted octanol–water partition coefficient (Wildman–Crippen LogP) is -1.09. The minimum Gasteiger partial charge on any atom is -0.466 e. The van der Waals surface area contributed by atoms with Gasteiger partial charge in [-0.2, -0.15) is 0 Å². The zero-order chi connectivity index (χ0) is 7.98. The molecular weight excluding hydrogens is 154 g/mol. The van der Waals surface area contributed by atoms with Crippen molar-refractivity contribution in [2.24, 2.45) is 0 Å². The van der Waals surface area contributed by atoms with Crippen LogP contribution in [-0.2, 0) is 9.47 Å². The number of amides is 1. The summed E-state index contributed by atoms with van der Waals surface area (Å²) in [5.74, 6) is -0.365. The lowest BCUT2D eigenvalue weighted by Gasteiger charge is -2.11. The highest BCUT2D eigenvalue weighted by Gasteiger charge is 2.06. The second-order valence-corrected chi connectivity index (χ2v) is 3.02. The Morgan fingerprint density at radius 2 is 2.10 bits per heavy atom. The third-order valence-corrected chi connectivity index (χ3v) is 2.45. The van der Waals surface area contributed by atoms with Gasteiger partial charge in [-0.15, -0.1) is 0 Å². The molecule has 0 aromatic rings. The first-order valence-corrected chi connectivity index (χ1v) is 4.25. The van der Waals surface area contributed by atoms with Crippen LogP contribution in [-0.4, -0.2) is 41.0 Å². The fraction of sp³-hybridized carbons (Fsp3) is 0.750. The molecule has 0 spiro atoms. The van der Waals surface area contributed by atoms with Crippen molar-refractivity contribution in [2.45, 2.75) is 5.91 Å². The summed E-state index contributed by atoms with van der Waals surface area (Å²) in [7, 11) is 1.94. The summed E-state index contributed by atoms with van der Waals surface area (Å²) in [6.45, 7) is 0. The number of nitrogens with one attached hydrogen (secondary N) is 1. The van der Waals surface area contributed by atoms with Crippen molar-refractivity contribution in [1.82, 2.24) is 4.98 Å². The first kappa shape index (κ1) is 9.41. The molecule has 0 aliphatic carbocycles. The van der Waals surface area contributed by atoms with Gasteiger partial charge in [0.25, 0.3) is 0 Å². The van der Waals surface area contributed by atoms with Gasteiger partial charge in [0, 0.05) is 14.2 Å². The van der Waals surface area contributed by atoms with Crippen LogP contribution in [0.3, 0.4) is 0 Å². The van der Waals surface area contributed by atoms with E-state index in [0.29, 0.717) is 0 Å². The van der Waals surface area contributed by atoms with Crippen LogP contribution in [0.5, 0.6) is 0 Å². The Labute approximate surface area is 61.2 Å². The molecule has 1 amide bonds. The van der Waals surface area contributed by atoms with E-state index in [2.05, 4.69) is 4.98 Å². The minimum atomic E-state index is -1.02. The van der Waals surface area contributed by atoms with Crippen LogP contribution >= 0.6 is 0 Å². The van der Waals surface area contributed by atoms with Gasteiger partial charge in [-0.3, -0.25) is 0 Å². The molecule has 0 saturated heterocycles. The lowest BCUT2D eigenvalue weighted by Crippen LogP contribution is -2.36. The molecule has 5 nitrogen and oxygen atoms in total. The van der Waals surface area contributed by atoms with Gasteiger partial charge < -0.3 is 19.6 Å². The zero-order valence-corrected chi connectivity index (χ0v) is 7.37. The predicted molar refractivity (Wildman–Crippen MR) is 37.5 cm³/mol. The van der Waals surface area contributed by atoms with Gasteiger partial charge in [0.05, 0.1) is 0 Å². The number of methoxy groups -OCH3 is 2. The molecular formula is C4H11NO4Si. The van der Waals surface area contributed by atoms with Gasteiger partial charge in [-0.25, -0.2) is 4.79 Å². The fourth-order valence-electron chi connectivity index (χ4n) is 0.434. The molecule has 0 aromatic heterocycles. The number of carbonyl (C=O) groups is 1. The second-order valence-electron chi connectivity index (χ2n) is 1.59. The molecule has 6 heteroatoms. The highest BCUT2D eigenvalue weighted by molar-refractivity contribution is 6.37. The van der Waals surface area contributed by atoms with Crippen LogP contribution in [0.25, 0.3) is 0 Å². The van der Waals surface area contributed by atoms with Gasteiger partial charge in [-0.05, 0) is 0 Å². The number of rotatable bonds is 4. The monoisotopic (exact) mass is 165 g/mol.